The predicted octanol–water partition coefficient (Wildman–Crippen LogP) is 4.65. The number of halogens is 1. The first kappa shape index (κ1) is 24.1. The zero-order valence-electron chi connectivity index (χ0n) is 19.6. The van der Waals surface area contributed by atoms with Crippen LogP contribution in [-0.4, -0.2) is 53.7 Å². The largest absolute Gasteiger partial charge is 0.372 e. The van der Waals surface area contributed by atoms with E-state index in [1.54, 1.807) is 18.3 Å². The number of aromatic nitrogens is 1. The first-order valence-electron chi connectivity index (χ1n) is 12.1. The number of anilines is 1. The number of hydrogen-bond acceptors (Lipinski definition) is 6. The molecule has 3 aromatic rings. The quantitative estimate of drug-likeness (QED) is 0.493. The van der Waals surface area contributed by atoms with Crippen LogP contribution in [0.25, 0.3) is 0 Å². The molecule has 0 bridgehead atoms. The number of benzene rings is 2. The maximum absolute atomic E-state index is 13.1. The van der Waals surface area contributed by atoms with E-state index in [2.05, 4.69) is 27.3 Å². The number of amides is 1. The SMILES string of the molecule is O=C(CN1CCC2(CCCO2)C(OCc2ccccc2)C1)Nc1ncc(Cc2ccc(F)cc2)s1. The lowest BCUT2D eigenvalue weighted by Gasteiger charge is -2.44. The minimum Gasteiger partial charge on any atom is -0.372 e. The summed E-state index contributed by atoms with van der Waals surface area (Å²) in [5.41, 5.74) is 1.90. The van der Waals surface area contributed by atoms with Gasteiger partial charge in [0.2, 0.25) is 5.91 Å². The van der Waals surface area contributed by atoms with Gasteiger partial charge in [0.05, 0.1) is 24.9 Å². The van der Waals surface area contributed by atoms with E-state index in [0.717, 1.165) is 48.4 Å². The number of piperidine rings is 1. The van der Waals surface area contributed by atoms with Crippen molar-refractivity contribution in [2.24, 2.45) is 0 Å². The molecule has 2 aliphatic heterocycles. The van der Waals surface area contributed by atoms with E-state index in [4.69, 9.17) is 9.47 Å². The third-order valence-corrected chi connectivity index (χ3v) is 7.66. The standard InChI is InChI=1S/C27H30FN3O3S/c28-22-9-7-20(8-10-22)15-23-16-29-26(35-23)30-25(32)18-31-13-12-27(11-4-14-34-27)24(17-31)33-19-21-5-2-1-3-6-21/h1-3,5-10,16,24H,4,11-15,17-19H2,(H,29,30,32). The van der Waals surface area contributed by atoms with Crippen molar-refractivity contribution >= 4 is 22.4 Å². The molecule has 2 atom stereocenters. The van der Waals surface area contributed by atoms with Crippen molar-refractivity contribution < 1.29 is 18.7 Å². The highest BCUT2D eigenvalue weighted by molar-refractivity contribution is 7.15. The molecule has 2 aliphatic rings. The lowest BCUT2D eigenvalue weighted by Crippen LogP contribution is -2.57. The fraction of sp³-hybridized carbons (Fsp3) is 0.407. The van der Waals surface area contributed by atoms with Crippen molar-refractivity contribution in [3.05, 3.63) is 82.6 Å². The average molecular weight is 496 g/mol. The fourth-order valence-corrected chi connectivity index (χ4v) is 5.77. The maximum Gasteiger partial charge on any atom is 0.240 e. The summed E-state index contributed by atoms with van der Waals surface area (Å²) in [5, 5.41) is 3.51. The van der Waals surface area contributed by atoms with Crippen LogP contribution in [-0.2, 0) is 27.3 Å². The van der Waals surface area contributed by atoms with Gasteiger partial charge in [0.25, 0.3) is 0 Å². The highest BCUT2D eigenvalue weighted by atomic mass is 32.1. The fourth-order valence-electron chi connectivity index (χ4n) is 4.90. The second kappa shape index (κ2) is 11.0. The van der Waals surface area contributed by atoms with Gasteiger partial charge in [-0.1, -0.05) is 42.5 Å². The Labute approximate surface area is 209 Å². The van der Waals surface area contributed by atoms with Crippen LogP contribution in [0.15, 0.2) is 60.8 Å². The molecular weight excluding hydrogens is 465 g/mol. The molecule has 5 rings (SSSR count). The van der Waals surface area contributed by atoms with Gasteiger partial charge in [-0.3, -0.25) is 9.69 Å². The van der Waals surface area contributed by atoms with E-state index in [1.807, 2.05) is 18.2 Å². The van der Waals surface area contributed by atoms with Gasteiger partial charge in [0.15, 0.2) is 5.13 Å². The van der Waals surface area contributed by atoms with Crippen LogP contribution < -0.4 is 5.32 Å². The average Bonchev–Trinajstić information content (AvgIpc) is 3.52. The molecule has 2 unspecified atom stereocenters. The van der Waals surface area contributed by atoms with Gasteiger partial charge in [-0.2, -0.15) is 0 Å². The van der Waals surface area contributed by atoms with Crippen molar-refractivity contribution in [2.75, 3.05) is 31.6 Å². The van der Waals surface area contributed by atoms with Crippen LogP contribution in [0, 0.1) is 5.82 Å². The van der Waals surface area contributed by atoms with Gasteiger partial charge in [-0.25, -0.2) is 9.37 Å². The number of nitrogens with zero attached hydrogens (tertiary/aromatic N) is 2. The van der Waals surface area contributed by atoms with Gasteiger partial charge in [0, 0.05) is 37.2 Å². The third kappa shape index (κ3) is 6.13. The lowest BCUT2D eigenvalue weighted by molar-refractivity contribution is -0.159. The van der Waals surface area contributed by atoms with Gasteiger partial charge in [-0.15, -0.1) is 11.3 Å². The first-order chi connectivity index (χ1) is 17.1. The van der Waals surface area contributed by atoms with Crippen LogP contribution in [0.2, 0.25) is 0 Å². The number of rotatable bonds is 8. The molecule has 0 radical (unpaired) electrons. The van der Waals surface area contributed by atoms with Crippen molar-refractivity contribution in [1.82, 2.24) is 9.88 Å². The van der Waals surface area contributed by atoms with Gasteiger partial charge >= 0.3 is 0 Å². The molecule has 1 amide bonds. The summed E-state index contributed by atoms with van der Waals surface area (Å²) in [5.74, 6) is -0.334. The lowest BCUT2D eigenvalue weighted by atomic mass is 9.85. The number of carbonyl (C=O) groups is 1. The number of thiazole rings is 1. The van der Waals surface area contributed by atoms with E-state index >= 15 is 0 Å². The van der Waals surface area contributed by atoms with E-state index in [9.17, 15) is 9.18 Å². The number of nitrogens with one attached hydrogen (secondary N) is 1. The summed E-state index contributed by atoms with van der Waals surface area (Å²) in [7, 11) is 0. The highest BCUT2D eigenvalue weighted by Crippen LogP contribution is 2.38. The molecule has 1 spiro atoms. The van der Waals surface area contributed by atoms with Crippen LogP contribution in [0.4, 0.5) is 9.52 Å². The zero-order valence-corrected chi connectivity index (χ0v) is 20.4. The molecule has 1 aromatic heterocycles. The Morgan fingerprint density at radius 3 is 2.77 bits per heavy atom. The molecule has 184 valence electrons. The molecule has 0 aliphatic carbocycles. The molecule has 1 N–H and O–H groups in total. The second-order valence-corrected chi connectivity index (χ2v) is 10.4. The Balaban J connectivity index is 1.15. The van der Waals surface area contributed by atoms with Crippen molar-refractivity contribution in [3.63, 3.8) is 0 Å². The summed E-state index contributed by atoms with van der Waals surface area (Å²) in [4.78, 5) is 20.3. The second-order valence-electron chi connectivity index (χ2n) is 9.27. The van der Waals surface area contributed by atoms with E-state index in [0.29, 0.717) is 24.7 Å². The molecular formula is C27H30FN3O3S. The summed E-state index contributed by atoms with van der Waals surface area (Å²) in [6, 6.07) is 16.6. The predicted molar refractivity (Wildman–Crippen MR) is 134 cm³/mol. The minimum atomic E-state index is -0.248. The van der Waals surface area contributed by atoms with Crippen LogP contribution in [0.1, 0.15) is 35.3 Å². The number of ether oxygens (including phenoxy) is 2. The van der Waals surface area contributed by atoms with Crippen LogP contribution >= 0.6 is 11.3 Å². The normalized spacial score (nSPS) is 22.5. The Morgan fingerprint density at radius 1 is 1.17 bits per heavy atom. The number of hydrogen-bond donors (Lipinski definition) is 1. The molecule has 8 heteroatoms. The maximum atomic E-state index is 13.1. The zero-order chi connectivity index (χ0) is 24.1. The number of carbonyl (C=O) groups excluding carboxylic acids is 1. The van der Waals surface area contributed by atoms with Gasteiger partial charge < -0.3 is 14.8 Å². The van der Waals surface area contributed by atoms with E-state index in [-0.39, 0.29) is 30.0 Å². The Kier molecular flexibility index (Phi) is 7.53. The summed E-state index contributed by atoms with van der Waals surface area (Å²) < 4.78 is 25.7. The van der Waals surface area contributed by atoms with E-state index < -0.39 is 0 Å². The monoisotopic (exact) mass is 495 g/mol. The molecule has 0 saturated carbocycles. The van der Waals surface area contributed by atoms with Crippen molar-refractivity contribution in [2.45, 2.75) is 44.0 Å². The van der Waals surface area contributed by atoms with Gasteiger partial charge in [-0.05, 0) is 42.5 Å². The molecule has 2 saturated heterocycles. The highest BCUT2D eigenvalue weighted by Gasteiger charge is 2.47. The minimum absolute atomic E-state index is 0.0751. The third-order valence-electron chi connectivity index (χ3n) is 6.75. The summed E-state index contributed by atoms with van der Waals surface area (Å²) in [6.07, 6.45) is 5.26. The molecule has 2 fully saturated rings. The Morgan fingerprint density at radius 2 is 2.00 bits per heavy atom. The topological polar surface area (TPSA) is 63.7 Å². The Hall–Kier alpha value is -2.65. The smallest absolute Gasteiger partial charge is 0.240 e. The van der Waals surface area contributed by atoms with Crippen LogP contribution in [0.5, 0.6) is 0 Å². The molecule has 3 heterocycles. The molecule has 6 nitrogen and oxygen atoms in total. The Bertz CT molecular complexity index is 1120. The van der Waals surface area contributed by atoms with Crippen molar-refractivity contribution in [3.8, 4) is 0 Å². The molecule has 35 heavy (non-hydrogen) atoms. The summed E-state index contributed by atoms with van der Waals surface area (Å²) >= 11 is 1.44. The first-order valence-corrected chi connectivity index (χ1v) is 12.9. The number of likely N-dealkylation sites (tertiary alicyclic amines) is 1. The van der Waals surface area contributed by atoms with Gasteiger partial charge in [0.1, 0.15) is 5.82 Å². The van der Waals surface area contributed by atoms with Crippen molar-refractivity contribution in [1.29, 1.82) is 0 Å². The van der Waals surface area contributed by atoms with E-state index in [1.165, 1.54) is 23.5 Å². The molecule has 2 aromatic carbocycles. The summed E-state index contributed by atoms with van der Waals surface area (Å²) in [6.45, 7) is 3.05. The van der Waals surface area contributed by atoms with Crippen LogP contribution in [0.3, 0.4) is 0 Å².